The Morgan fingerprint density at radius 3 is 1.74 bits per heavy atom. The van der Waals surface area contributed by atoms with Crippen molar-refractivity contribution in [3.05, 3.63) is 156 Å². The van der Waals surface area contributed by atoms with Crippen molar-refractivity contribution in [3.63, 3.8) is 0 Å². The van der Waals surface area contributed by atoms with Crippen molar-refractivity contribution in [2.75, 3.05) is 0 Å². The fraction of sp³-hybridized carbons (Fsp3) is 0.0256. The van der Waals surface area contributed by atoms with Gasteiger partial charge in [0.2, 0.25) is 0 Å². The predicted molar refractivity (Wildman–Crippen MR) is 166 cm³/mol. The molecule has 0 saturated heterocycles. The van der Waals surface area contributed by atoms with E-state index in [9.17, 15) is 1.37 Å². The van der Waals surface area contributed by atoms with Crippen LogP contribution in [0.15, 0.2) is 145 Å². The Bertz CT molecular complexity index is 2820. The molecule has 0 unspecified atom stereocenters. The number of hydrogen-bond acceptors (Lipinski definition) is 0. The first kappa shape index (κ1) is 11.4. The molecule has 182 valence electrons. The van der Waals surface area contributed by atoms with Gasteiger partial charge in [-0.1, -0.05) is 133 Å². The summed E-state index contributed by atoms with van der Waals surface area (Å²) in [4.78, 5) is 0. The summed E-state index contributed by atoms with van der Waals surface area (Å²) in [6.07, 6.45) is -0.0301. The molecule has 0 heterocycles. The number of benzene rings is 7. The number of fused-ring (bicyclic) bond motifs is 5. The summed E-state index contributed by atoms with van der Waals surface area (Å²) in [7, 11) is 0. The molecule has 0 nitrogen and oxygen atoms in total. The Morgan fingerprint density at radius 1 is 0.436 bits per heavy atom. The van der Waals surface area contributed by atoms with Gasteiger partial charge in [-0.05, 0) is 95.7 Å². The van der Waals surface area contributed by atoms with Crippen LogP contribution in [0.3, 0.4) is 0 Å². The van der Waals surface area contributed by atoms with E-state index in [4.69, 9.17) is 20.6 Å². The zero-order chi connectivity index (χ0) is 39.7. The largest absolute Gasteiger partial charge is 0.0636 e. The van der Waals surface area contributed by atoms with E-state index in [1.165, 1.54) is 24.3 Å². The average Bonchev–Trinajstić information content (AvgIpc) is 3.57. The molecule has 0 bridgehead atoms. The summed E-state index contributed by atoms with van der Waals surface area (Å²) in [5.41, 5.74) is 1.98. The maximum absolute atomic E-state index is 9.35. The van der Waals surface area contributed by atoms with Gasteiger partial charge in [0.05, 0.1) is 21.9 Å². The molecular formula is C39H26. The minimum absolute atomic E-state index is 0.0301. The Hall–Kier alpha value is -4.94. The van der Waals surface area contributed by atoms with Gasteiger partial charge in [-0.25, -0.2) is 0 Å². The van der Waals surface area contributed by atoms with Crippen LogP contribution in [-0.2, 0) is 6.42 Å². The normalized spacial score (nSPS) is 17.7. The Kier molecular flexibility index (Phi) is 2.59. The van der Waals surface area contributed by atoms with Crippen molar-refractivity contribution in [1.29, 1.82) is 0 Å². The van der Waals surface area contributed by atoms with E-state index in [0.717, 1.165) is 0 Å². The van der Waals surface area contributed by atoms with E-state index in [2.05, 4.69) is 0 Å². The average molecular weight is 511 g/mol. The van der Waals surface area contributed by atoms with Crippen LogP contribution in [0.4, 0.5) is 0 Å². The van der Waals surface area contributed by atoms with Crippen LogP contribution in [0.5, 0.6) is 0 Å². The maximum atomic E-state index is 9.35. The molecule has 0 heteroatoms. The highest BCUT2D eigenvalue weighted by Gasteiger charge is 2.19. The van der Waals surface area contributed by atoms with Gasteiger partial charge in [-0.3, -0.25) is 0 Å². The van der Waals surface area contributed by atoms with Gasteiger partial charge in [0.1, 0.15) is 0 Å². The number of hydrogen-bond donors (Lipinski definition) is 0. The van der Waals surface area contributed by atoms with Gasteiger partial charge in [-0.2, -0.15) is 0 Å². The molecule has 0 radical (unpaired) electrons. The van der Waals surface area contributed by atoms with Crippen LogP contribution in [0.2, 0.25) is 0 Å². The molecule has 0 aliphatic heterocycles. The minimum Gasteiger partial charge on any atom is -0.0622 e. The molecule has 0 aromatic heterocycles. The number of rotatable bonds is 3. The third-order valence-corrected chi connectivity index (χ3v) is 7.14. The quantitative estimate of drug-likeness (QED) is 0.207. The Morgan fingerprint density at radius 2 is 1.03 bits per heavy atom. The van der Waals surface area contributed by atoms with Crippen molar-refractivity contribution >= 4 is 21.5 Å². The topological polar surface area (TPSA) is 0 Å². The van der Waals surface area contributed by atoms with Crippen molar-refractivity contribution in [2.45, 2.75) is 6.42 Å². The summed E-state index contributed by atoms with van der Waals surface area (Å²) in [5, 5.41) is 1.18. The zero-order valence-corrected chi connectivity index (χ0v) is 20.3. The summed E-state index contributed by atoms with van der Waals surface area (Å²) in [6.45, 7) is 0. The van der Waals surface area contributed by atoms with E-state index in [1.54, 1.807) is 24.3 Å². The molecule has 0 spiro atoms. The lowest BCUT2D eigenvalue weighted by Crippen LogP contribution is -1.91. The van der Waals surface area contributed by atoms with Crippen LogP contribution < -0.4 is 0 Å². The lowest BCUT2D eigenvalue weighted by atomic mass is 9.85. The molecule has 7 aromatic carbocycles. The fourth-order valence-corrected chi connectivity index (χ4v) is 5.45. The maximum Gasteiger partial charge on any atom is 0.0636 e. The fourth-order valence-electron chi connectivity index (χ4n) is 5.45. The van der Waals surface area contributed by atoms with Crippen molar-refractivity contribution < 1.29 is 21.9 Å². The molecule has 0 amide bonds. The van der Waals surface area contributed by atoms with E-state index in [-0.39, 0.29) is 111 Å². The van der Waals surface area contributed by atoms with Crippen molar-refractivity contribution in [1.82, 2.24) is 0 Å². The molecule has 7 aromatic rings. The Labute approximate surface area is 251 Å². The predicted octanol–water partition coefficient (Wildman–Crippen LogP) is 10.6. The SMILES string of the molecule is [2H]c1cc2c(-c3cccc(-c4c([2H])c([2H])c5c(c4[2H])-c4c([2H])c([2H])c([2H])c([2H])c4C5)c3)c3cc([2H])c([2H])cc3c(-c3c([2H])c([2H])c([2H])c([2H])c3[2H])c2cc1[2H]. The highest BCUT2D eigenvalue weighted by atomic mass is 14.2. The molecule has 0 atom stereocenters. The molecule has 0 N–H and O–H groups in total. The van der Waals surface area contributed by atoms with Crippen LogP contribution >= 0.6 is 0 Å². The van der Waals surface area contributed by atoms with Crippen molar-refractivity contribution in [3.8, 4) is 44.5 Å². The second-order valence-electron chi connectivity index (χ2n) is 9.27. The minimum atomic E-state index is -0.598. The first-order valence-corrected chi connectivity index (χ1v) is 12.3. The van der Waals surface area contributed by atoms with Gasteiger partial charge in [-0.15, -0.1) is 0 Å². The smallest absolute Gasteiger partial charge is 0.0622 e. The summed E-state index contributed by atoms with van der Waals surface area (Å²) in [6, 6.07) is 6.50. The van der Waals surface area contributed by atoms with E-state index < -0.39 is 42.3 Å². The van der Waals surface area contributed by atoms with Gasteiger partial charge < -0.3 is 0 Å². The zero-order valence-electron chi connectivity index (χ0n) is 36.3. The summed E-state index contributed by atoms with van der Waals surface area (Å²) < 4.78 is 138. The summed E-state index contributed by atoms with van der Waals surface area (Å²) >= 11 is 0. The monoisotopic (exact) mass is 510 g/mol. The molecular weight excluding hydrogens is 468 g/mol. The standard InChI is InChI=1S/C39H26/c1-2-11-26(12-3-1)38-33-17-6-8-19-35(33)39(36-20-9-7-18-34(36)38)31-15-10-14-27(23-31)28-21-22-30-24-29-13-4-5-16-32(29)37(30)25-28/h1-23,25H,24H2/i1D,2D,3D,4D,5D,6D,7D,8D,9D,11D,12D,13D,16D,21D,22D,25D. The molecule has 1 aliphatic rings. The van der Waals surface area contributed by atoms with Crippen LogP contribution in [-0.4, -0.2) is 0 Å². The van der Waals surface area contributed by atoms with Crippen LogP contribution in [0.25, 0.3) is 66.1 Å². The molecule has 0 fully saturated rings. The summed E-state index contributed by atoms with van der Waals surface area (Å²) in [5.74, 6) is 0. The second-order valence-corrected chi connectivity index (χ2v) is 9.27. The van der Waals surface area contributed by atoms with Crippen molar-refractivity contribution in [2.24, 2.45) is 0 Å². The highest BCUT2D eigenvalue weighted by molar-refractivity contribution is 6.21. The molecule has 1 aliphatic carbocycles. The van der Waals surface area contributed by atoms with Crippen LogP contribution in [0, 0.1) is 0 Å². The molecule has 0 saturated carbocycles. The lowest BCUT2D eigenvalue weighted by molar-refractivity contribution is 1.26. The third kappa shape index (κ3) is 3.53. The van der Waals surface area contributed by atoms with Gasteiger partial charge >= 0.3 is 0 Å². The van der Waals surface area contributed by atoms with Gasteiger partial charge in [0.15, 0.2) is 0 Å². The lowest BCUT2D eigenvalue weighted by Gasteiger charge is -2.18. The third-order valence-electron chi connectivity index (χ3n) is 7.14. The highest BCUT2D eigenvalue weighted by Crippen LogP contribution is 2.44. The van der Waals surface area contributed by atoms with E-state index >= 15 is 0 Å². The Balaban J connectivity index is 1.47. The second kappa shape index (κ2) is 8.82. The molecule has 8 rings (SSSR count). The van der Waals surface area contributed by atoms with Gasteiger partial charge in [0.25, 0.3) is 0 Å². The van der Waals surface area contributed by atoms with E-state index in [1.807, 2.05) is 0 Å². The first-order valence-electron chi connectivity index (χ1n) is 20.3. The van der Waals surface area contributed by atoms with Gasteiger partial charge in [0, 0.05) is 0 Å². The van der Waals surface area contributed by atoms with E-state index in [0.29, 0.717) is 27.5 Å². The first-order chi connectivity index (χ1) is 26.0. The van der Waals surface area contributed by atoms with Crippen LogP contribution in [0.1, 0.15) is 33.1 Å². The molecule has 39 heavy (non-hydrogen) atoms.